The lowest BCUT2D eigenvalue weighted by molar-refractivity contribution is 0.475. The van der Waals surface area contributed by atoms with E-state index in [1.807, 2.05) is 17.7 Å². The SMILES string of the molecule is Cc1c(-c2ccc(O)cc2)nc(N)c(C#N)c1-c1cc2n(n1)CCCNC2. The van der Waals surface area contributed by atoms with Crippen molar-refractivity contribution in [3.63, 3.8) is 0 Å². The van der Waals surface area contributed by atoms with Gasteiger partial charge in [-0.2, -0.15) is 10.4 Å². The van der Waals surface area contributed by atoms with Crippen LogP contribution >= 0.6 is 0 Å². The molecule has 0 radical (unpaired) electrons. The van der Waals surface area contributed by atoms with E-state index in [2.05, 4.69) is 16.4 Å². The largest absolute Gasteiger partial charge is 0.508 e. The third kappa shape index (κ3) is 3.00. The van der Waals surface area contributed by atoms with Crippen LogP contribution in [0.5, 0.6) is 5.75 Å². The minimum Gasteiger partial charge on any atom is -0.508 e. The van der Waals surface area contributed by atoms with E-state index in [-0.39, 0.29) is 11.6 Å². The van der Waals surface area contributed by atoms with Crippen LogP contribution in [0.25, 0.3) is 22.5 Å². The first-order valence-electron chi connectivity index (χ1n) is 8.86. The monoisotopic (exact) mass is 360 g/mol. The van der Waals surface area contributed by atoms with Gasteiger partial charge in [-0.15, -0.1) is 0 Å². The highest BCUT2D eigenvalue weighted by Crippen LogP contribution is 2.36. The fourth-order valence-corrected chi connectivity index (χ4v) is 3.51. The molecule has 0 fully saturated rings. The predicted molar refractivity (Wildman–Crippen MR) is 103 cm³/mol. The van der Waals surface area contributed by atoms with Gasteiger partial charge in [0.1, 0.15) is 23.2 Å². The number of hydrogen-bond donors (Lipinski definition) is 3. The van der Waals surface area contributed by atoms with Gasteiger partial charge in [0.2, 0.25) is 0 Å². The Morgan fingerprint density at radius 2 is 2.07 bits per heavy atom. The van der Waals surface area contributed by atoms with Crippen LogP contribution in [0.2, 0.25) is 0 Å². The van der Waals surface area contributed by atoms with Crippen molar-refractivity contribution in [2.45, 2.75) is 26.4 Å². The second-order valence-electron chi connectivity index (χ2n) is 6.65. The second-order valence-corrected chi connectivity index (χ2v) is 6.65. The summed E-state index contributed by atoms with van der Waals surface area (Å²) in [7, 11) is 0. The normalized spacial score (nSPS) is 13.6. The van der Waals surface area contributed by atoms with E-state index < -0.39 is 0 Å². The van der Waals surface area contributed by atoms with E-state index in [4.69, 9.17) is 10.8 Å². The molecule has 4 N–H and O–H groups in total. The van der Waals surface area contributed by atoms with Crippen LogP contribution in [0.3, 0.4) is 0 Å². The van der Waals surface area contributed by atoms with Crippen LogP contribution in [0.1, 0.15) is 23.2 Å². The van der Waals surface area contributed by atoms with Gasteiger partial charge >= 0.3 is 0 Å². The first-order valence-corrected chi connectivity index (χ1v) is 8.86. The summed E-state index contributed by atoms with van der Waals surface area (Å²) in [5.74, 6) is 0.367. The smallest absolute Gasteiger partial charge is 0.142 e. The van der Waals surface area contributed by atoms with Crippen LogP contribution < -0.4 is 11.1 Å². The summed E-state index contributed by atoms with van der Waals surface area (Å²) in [5, 5.41) is 27.4. The van der Waals surface area contributed by atoms with Crippen LogP contribution in [0.15, 0.2) is 30.3 Å². The molecule has 7 nitrogen and oxygen atoms in total. The number of hydrogen-bond acceptors (Lipinski definition) is 6. The maximum atomic E-state index is 9.68. The Balaban J connectivity index is 1.92. The van der Waals surface area contributed by atoms with Crippen molar-refractivity contribution in [3.05, 3.63) is 47.2 Å². The summed E-state index contributed by atoms with van der Waals surface area (Å²) in [5.41, 5.74) is 11.4. The van der Waals surface area contributed by atoms with Crippen molar-refractivity contribution < 1.29 is 5.11 Å². The summed E-state index contributed by atoms with van der Waals surface area (Å²) in [6.07, 6.45) is 1.01. The number of pyridine rings is 1. The summed E-state index contributed by atoms with van der Waals surface area (Å²) in [6.45, 7) is 4.48. The number of nitrogens with zero attached hydrogens (tertiary/aromatic N) is 4. The van der Waals surface area contributed by atoms with Crippen molar-refractivity contribution in [1.29, 1.82) is 5.26 Å². The van der Waals surface area contributed by atoms with Gasteiger partial charge in [-0.1, -0.05) is 0 Å². The number of phenols is 1. The number of nitriles is 1. The number of fused-ring (bicyclic) bond motifs is 1. The van der Waals surface area contributed by atoms with Crippen molar-refractivity contribution in [2.24, 2.45) is 0 Å². The predicted octanol–water partition coefficient (Wildman–Crippen LogP) is 2.57. The molecule has 0 amide bonds. The first kappa shape index (κ1) is 17.1. The van der Waals surface area contributed by atoms with Gasteiger partial charge in [-0.3, -0.25) is 4.68 Å². The van der Waals surface area contributed by atoms with Gasteiger partial charge < -0.3 is 16.2 Å². The summed E-state index contributed by atoms with van der Waals surface area (Å²) >= 11 is 0. The first-order chi connectivity index (χ1) is 13.1. The fraction of sp³-hybridized carbons (Fsp3) is 0.250. The Kier molecular flexibility index (Phi) is 4.26. The average Bonchev–Trinajstić information content (AvgIpc) is 2.93. The summed E-state index contributed by atoms with van der Waals surface area (Å²) < 4.78 is 1.99. The molecule has 0 unspecified atom stereocenters. The Morgan fingerprint density at radius 1 is 1.30 bits per heavy atom. The number of nitrogens with one attached hydrogen (secondary N) is 1. The molecule has 1 aliphatic rings. The van der Waals surface area contributed by atoms with Gasteiger partial charge in [0.05, 0.1) is 17.1 Å². The second kappa shape index (κ2) is 6.74. The lowest BCUT2D eigenvalue weighted by Gasteiger charge is -2.13. The van der Waals surface area contributed by atoms with Crippen LogP contribution in [-0.2, 0) is 13.1 Å². The van der Waals surface area contributed by atoms with Gasteiger partial charge in [0.25, 0.3) is 0 Å². The molecule has 3 aromatic rings. The van der Waals surface area contributed by atoms with Gasteiger partial charge in [0.15, 0.2) is 0 Å². The number of anilines is 1. The number of nitrogens with two attached hydrogens (primary N) is 1. The maximum absolute atomic E-state index is 9.68. The van der Waals surface area contributed by atoms with E-state index in [0.29, 0.717) is 16.8 Å². The molecule has 27 heavy (non-hydrogen) atoms. The van der Waals surface area contributed by atoms with Gasteiger partial charge in [-0.25, -0.2) is 4.98 Å². The molecule has 0 atom stereocenters. The number of aryl methyl sites for hydroxylation is 1. The standard InChI is InChI=1S/C20H20N6O/c1-12-18(17-9-14-11-23-7-2-8-26(14)25-17)16(10-21)20(22)24-19(12)13-3-5-15(27)6-4-13/h3-6,9,23,27H,2,7-8,11H2,1H3,(H2,22,24). The number of rotatable bonds is 2. The molecular formula is C20H20N6O. The molecule has 136 valence electrons. The lowest BCUT2D eigenvalue weighted by atomic mass is 9.95. The molecule has 0 bridgehead atoms. The van der Waals surface area contributed by atoms with Gasteiger partial charge in [0, 0.05) is 24.2 Å². The minimum absolute atomic E-state index is 0.183. The number of aromatic hydroxyl groups is 1. The molecule has 1 aromatic carbocycles. The molecule has 0 saturated carbocycles. The van der Waals surface area contributed by atoms with Crippen LogP contribution in [0, 0.1) is 18.3 Å². The van der Waals surface area contributed by atoms with Crippen molar-refractivity contribution in [2.75, 3.05) is 12.3 Å². The molecular weight excluding hydrogens is 340 g/mol. The van der Waals surface area contributed by atoms with Gasteiger partial charge in [-0.05, 0) is 55.8 Å². The zero-order chi connectivity index (χ0) is 19.0. The number of phenolic OH excluding ortho intramolecular Hbond substituents is 1. The Labute approximate surface area is 157 Å². The van der Waals surface area contributed by atoms with Crippen LogP contribution in [-0.4, -0.2) is 26.4 Å². The molecule has 1 aliphatic heterocycles. The van der Waals surface area contributed by atoms with E-state index in [1.54, 1.807) is 24.3 Å². The minimum atomic E-state index is 0.183. The van der Waals surface area contributed by atoms with E-state index in [9.17, 15) is 10.4 Å². The summed E-state index contributed by atoms with van der Waals surface area (Å²) in [6, 6.07) is 11.0. The molecule has 0 spiro atoms. The van der Waals surface area contributed by atoms with E-state index >= 15 is 0 Å². The van der Waals surface area contributed by atoms with E-state index in [1.165, 1.54) is 0 Å². The number of benzene rings is 1. The van der Waals surface area contributed by atoms with Crippen molar-refractivity contribution >= 4 is 5.82 Å². The zero-order valence-electron chi connectivity index (χ0n) is 15.0. The Bertz CT molecular complexity index is 1020. The maximum Gasteiger partial charge on any atom is 0.142 e. The van der Waals surface area contributed by atoms with E-state index in [0.717, 1.165) is 48.6 Å². The average molecular weight is 360 g/mol. The zero-order valence-corrected chi connectivity index (χ0v) is 15.0. The topological polar surface area (TPSA) is 113 Å². The Hall–Kier alpha value is -3.37. The highest BCUT2D eigenvalue weighted by molar-refractivity contribution is 5.82. The summed E-state index contributed by atoms with van der Waals surface area (Å²) in [4.78, 5) is 4.45. The molecule has 4 rings (SSSR count). The molecule has 0 saturated heterocycles. The number of aromatic nitrogens is 3. The Morgan fingerprint density at radius 3 is 2.81 bits per heavy atom. The molecule has 2 aromatic heterocycles. The van der Waals surface area contributed by atoms with Crippen molar-refractivity contribution in [1.82, 2.24) is 20.1 Å². The third-order valence-corrected chi connectivity index (χ3v) is 4.87. The fourth-order valence-electron chi connectivity index (χ4n) is 3.51. The highest BCUT2D eigenvalue weighted by atomic mass is 16.3. The lowest BCUT2D eigenvalue weighted by Crippen LogP contribution is -2.11. The quantitative estimate of drug-likeness (QED) is 0.647. The third-order valence-electron chi connectivity index (χ3n) is 4.87. The molecule has 3 heterocycles. The molecule has 0 aliphatic carbocycles. The highest BCUT2D eigenvalue weighted by Gasteiger charge is 2.22. The van der Waals surface area contributed by atoms with Crippen LogP contribution in [0.4, 0.5) is 5.82 Å². The van der Waals surface area contributed by atoms with Crippen molar-refractivity contribution in [3.8, 4) is 34.3 Å². The molecule has 7 heteroatoms. The number of nitrogen functional groups attached to an aromatic ring is 1.